The maximum Gasteiger partial charge on any atom is 0.230 e. The Labute approximate surface area is 169 Å². The Morgan fingerprint density at radius 2 is 1.76 bits per heavy atom. The van der Waals surface area contributed by atoms with Crippen LogP contribution in [0.3, 0.4) is 0 Å². The largest absolute Gasteiger partial charge is 0.485 e. The van der Waals surface area contributed by atoms with E-state index in [0.29, 0.717) is 35.4 Å². The second-order valence-electron chi connectivity index (χ2n) is 6.85. The quantitative estimate of drug-likeness (QED) is 0.347. The summed E-state index contributed by atoms with van der Waals surface area (Å²) in [7, 11) is 0. The molecule has 0 saturated heterocycles. The Morgan fingerprint density at radius 3 is 2.48 bits per heavy atom. The maximum absolute atomic E-state index is 9.61. The molecule has 4 rings (SSSR count). The molecule has 1 heterocycles. The number of pyridine rings is 1. The molecule has 0 spiro atoms. The van der Waals surface area contributed by atoms with Crippen LogP contribution in [0, 0.1) is 0 Å². The van der Waals surface area contributed by atoms with Crippen molar-refractivity contribution in [2.75, 3.05) is 0 Å². The number of nitrogens with zero attached hydrogens (tertiary/aromatic N) is 2. The summed E-state index contributed by atoms with van der Waals surface area (Å²) in [6.45, 7) is 0.433. The molecule has 0 radical (unpaired) electrons. The van der Waals surface area contributed by atoms with Crippen LogP contribution in [0.5, 0.6) is 17.4 Å². The van der Waals surface area contributed by atoms with Gasteiger partial charge >= 0.3 is 0 Å². The predicted octanol–water partition coefficient (Wildman–Crippen LogP) is 4.73. The fourth-order valence-electron chi connectivity index (χ4n) is 3.00. The van der Waals surface area contributed by atoms with E-state index in [1.54, 1.807) is 12.3 Å². The van der Waals surface area contributed by atoms with Crippen LogP contribution in [-0.4, -0.2) is 22.1 Å². The Hall–Kier alpha value is -3.38. The highest BCUT2D eigenvalue weighted by molar-refractivity contribution is 6.00. The number of aromatic nitrogens is 1. The van der Waals surface area contributed by atoms with Crippen LogP contribution >= 0.6 is 0 Å². The summed E-state index contributed by atoms with van der Waals surface area (Å²) in [6, 6.07) is 21.2. The van der Waals surface area contributed by atoms with Crippen LogP contribution in [0.25, 0.3) is 0 Å². The minimum absolute atomic E-state index is 0.221. The van der Waals surface area contributed by atoms with Gasteiger partial charge in [-0.3, -0.25) is 15.7 Å². The molecule has 2 N–H and O–H groups in total. The third-order valence-corrected chi connectivity index (χ3v) is 4.81. The molecular weight excluding hydrogens is 366 g/mol. The average Bonchev–Trinajstić information content (AvgIpc) is 2.74. The fourth-order valence-corrected chi connectivity index (χ4v) is 3.00. The lowest BCUT2D eigenvalue weighted by Gasteiger charge is -2.22. The van der Waals surface area contributed by atoms with Gasteiger partial charge in [0.15, 0.2) is 17.3 Å². The van der Waals surface area contributed by atoms with Crippen LogP contribution in [0.1, 0.15) is 30.4 Å². The number of ether oxygens (including phenoxy) is 2. The minimum Gasteiger partial charge on any atom is -0.485 e. The van der Waals surface area contributed by atoms with E-state index in [1.807, 2.05) is 60.7 Å². The van der Waals surface area contributed by atoms with Gasteiger partial charge in [-0.15, -0.1) is 0 Å². The third-order valence-electron chi connectivity index (χ3n) is 4.81. The standard InChI is InChI=1S/C23H23N3O3/c27-26-22(25-18-10-6-11-18)19-12-7-15-24-23(19)29-21-14-5-4-13-20(21)28-16-17-8-2-1-3-9-17/h1-5,7-9,12-15,18,27H,6,10-11,16H2,(H,25,26). The Balaban J connectivity index is 1.56. The van der Waals surface area contributed by atoms with Crippen LogP contribution in [0.2, 0.25) is 0 Å². The highest BCUT2D eigenvalue weighted by atomic mass is 16.5. The van der Waals surface area contributed by atoms with E-state index in [9.17, 15) is 5.21 Å². The van der Waals surface area contributed by atoms with Crippen molar-refractivity contribution in [2.45, 2.75) is 31.9 Å². The van der Waals surface area contributed by atoms with Gasteiger partial charge in [0, 0.05) is 6.20 Å². The van der Waals surface area contributed by atoms with Crippen molar-refractivity contribution >= 4 is 5.84 Å². The van der Waals surface area contributed by atoms with Gasteiger partial charge in [-0.05, 0) is 49.1 Å². The Bertz CT molecular complexity index is 972. The van der Waals surface area contributed by atoms with Crippen LogP contribution in [-0.2, 0) is 6.61 Å². The van der Waals surface area contributed by atoms with Crippen molar-refractivity contribution < 1.29 is 14.7 Å². The van der Waals surface area contributed by atoms with Crippen molar-refractivity contribution in [1.29, 1.82) is 0 Å². The molecule has 29 heavy (non-hydrogen) atoms. The van der Waals surface area contributed by atoms with Crippen molar-refractivity contribution in [1.82, 2.24) is 10.5 Å². The van der Waals surface area contributed by atoms with E-state index in [4.69, 9.17) is 9.47 Å². The number of hydrogen-bond acceptors (Lipinski definition) is 5. The van der Waals surface area contributed by atoms with Crippen molar-refractivity contribution in [2.24, 2.45) is 4.99 Å². The molecule has 148 valence electrons. The number of benzene rings is 2. The molecule has 1 fully saturated rings. The number of nitrogens with one attached hydrogen (secondary N) is 1. The number of hydrogen-bond donors (Lipinski definition) is 2. The molecule has 1 aliphatic carbocycles. The van der Waals surface area contributed by atoms with Crippen LogP contribution in [0.4, 0.5) is 0 Å². The molecule has 0 amide bonds. The first-order valence-electron chi connectivity index (χ1n) is 9.70. The summed E-state index contributed by atoms with van der Waals surface area (Å²) < 4.78 is 12.0. The molecule has 3 aromatic rings. The Kier molecular flexibility index (Phi) is 6.02. The number of para-hydroxylation sites is 2. The highest BCUT2D eigenvalue weighted by Gasteiger charge is 2.20. The van der Waals surface area contributed by atoms with Crippen molar-refractivity contribution in [3.05, 3.63) is 84.1 Å². The summed E-state index contributed by atoms with van der Waals surface area (Å²) in [5.41, 5.74) is 3.87. The monoisotopic (exact) mass is 389 g/mol. The second-order valence-corrected chi connectivity index (χ2v) is 6.85. The Morgan fingerprint density at radius 1 is 1.00 bits per heavy atom. The first-order valence-corrected chi connectivity index (χ1v) is 9.70. The van der Waals surface area contributed by atoms with E-state index in [1.165, 1.54) is 0 Å². The molecule has 0 unspecified atom stereocenters. The lowest BCUT2D eigenvalue weighted by molar-refractivity contribution is 0.232. The number of amidine groups is 1. The molecule has 0 atom stereocenters. The van der Waals surface area contributed by atoms with Gasteiger partial charge in [-0.1, -0.05) is 42.5 Å². The smallest absolute Gasteiger partial charge is 0.230 e. The summed E-state index contributed by atoms with van der Waals surface area (Å²) in [5.74, 6) is 1.87. The zero-order valence-corrected chi connectivity index (χ0v) is 16.0. The lowest BCUT2D eigenvalue weighted by atomic mass is 9.94. The number of hydroxylamine groups is 1. The average molecular weight is 389 g/mol. The molecule has 0 bridgehead atoms. The molecule has 1 saturated carbocycles. The van der Waals surface area contributed by atoms with E-state index in [0.717, 1.165) is 24.8 Å². The van der Waals surface area contributed by atoms with Gasteiger partial charge in [0.1, 0.15) is 6.61 Å². The maximum atomic E-state index is 9.61. The fraction of sp³-hybridized carbons (Fsp3) is 0.217. The topological polar surface area (TPSA) is 76.0 Å². The zero-order chi connectivity index (χ0) is 19.9. The molecule has 0 aliphatic heterocycles. The van der Waals surface area contributed by atoms with E-state index < -0.39 is 0 Å². The van der Waals surface area contributed by atoms with Gasteiger partial charge in [-0.25, -0.2) is 4.98 Å². The lowest BCUT2D eigenvalue weighted by Crippen LogP contribution is -2.26. The first-order chi connectivity index (χ1) is 14.3. The van der Waals surface area contributed by atoms with Gasteiger partial charge < -0.3 is 9.47 Å². The minimum atomic E-state index is 0.221. The van der Waals surface area contributed by atoms with Gasteiger partial charge in [-0.2, -0.15) is 0 Å². The SMILES string of the molecule is ONC(=NC1CCC1)c1cccnc1Oc1ccccc1OCc1ccccc1. The molecular formula is C23H23N3O3. The molecule has 6 nitrogen and oxygen atoms in total. The first kappa shape index (κ1) is 19.0. The molecule has 2 aromatic carbocycles. The van der Waals surface area contributed by atoms with Crippen molar-refractivity contribution in [3.8, 4) is 17.4 Å². The van der Waals surface area contributed by atoms with Crippen molar-refractivity contribution in [3.63, 3.8) is 0 Å². The predicted molar refractivity (Wildman–Crippen MR) is 111 cm³/mol. The van der Waals surface area contributed by atoms with Gasteiger partial charge in [0.05, 0.1) is 11.6 Å². The summed E-state index contributed by atoms with van der Waals surface area (Å²) in [6.07, 6.45) is 4.86. The molecule has 1 aliphatic rings. The highest BCUT2D eigenvalue weighted by Crippen LogP contribution is 2.33. The zero-order valence-electron chi connectivity index (χ0n) is 16.0. The normalized spacial score (nSPS) is 14.2. The van der Waals surface area contributed by atoms with E-state index in [-0.39, 0.29) is 6.04 Å². The number of aliphatic imine (C=N–C) groups is 1. The van der Waals surface area contributed by atoms with E-state index >= 15 is 0 Å². The molecule has 6 heteroatoms. The van der Waals surface area contributed by atoms with E-state index in [2.05, 4.69) is 15.5 Å². The van der Waals surface area contributed by atoms with Crippen LogP contribution in [0.15, 0.2) is 77.9 Å². The second kappa shape index (κ2) is 9.21. The molecule has 1 aromatic heterocycles. The summed E-state index contributed by atoms with van der Waals surface area (Å²) in [5, 5.41) is 9.61. The van der Waals surface area contributed by atoms with Crippen LogP contribution < -0.4 is 15.0 Å². The third kappa shape index (κ3) is 4.73. The van der Waals surface area contributed by atoms with Gasteiger partial charge in [0.25, 0.3) is 0 Å². The summed E-state index contributed by atoms with van der Waals surface area (Å²) in [4.78, 5) is 8.92. The summed E-state index contributed by atoms with van der Waals surface area (Å²) >= 11 is 0. The number of rotatable bonds is 7. The van der Waals surface area contributed by atoms with Gasteiger partial charge in [0.2, 0.25) is 5.88 Å².